The molecule has 0 saturated carbocycles. The summed E-state index contributed by atoms with van der Waals surface area (Å²) in [6.07, 6.45) is 4.17. The second kappa shape index (κ2) is 14.7. The number of nitrogens with one attached hydrogen (secondary N) is 2. The van der Waals surface area contributed by atoms with Crippen LogP contribution >= 0.6 is 0 Å². The first-order valence-electron chi connectivity index (χ1n) is 13.8. The Morgan fingerprint density at radius 3 is 1.55 bits per heavy atom. The van der Waals surface area contributed by atoms with Crippen molar-refractivity contribution in [2.75, 3.05) is 30.3 Å². The fourth-order valence-corrected chi connectivity index (χ4v) is 4.07. The molecule has 0 bridgehead atoms. The summed E-state index contributed by atoms with van der Waals surface area (Å²) >= 11 is 0. The summed E-state index contributed by atoms with van der Waals surface area (Å²) < 4.78 is 26.0. The van der Waals surface area contributed by atoms with E-state index in [0.29, 0.717) is 17.9 Å². The van der Waals surface area contributed by atoms with Gasteiger partial charge in [0.1, 0.15) is 29.4 Å². The van der Waals surface area contributed by atoms with Crippen molar-refractivity contribution in [1.29, 1.82) is 0 Å². The SMILES string of the molecule is C=Cc1ccc(NCC(C)(C)c2ccc(F)cc2)nc1.CC(C)(CNc1ccc(C(O)CO)cn1)c1ccc(F)cc1. The molecule has 2 heterocycles. The van der Waals surface area contributed by atoms with Crippen molar-refractivity contribution in [3.05, 3.63) is 126 Å². The lowest BCUT2D eigenvalue weighted by Gasteiger charge is -2.26. The Morgan fingerprint density at radius 1 is 0.738 bits per heavy atom. The molecule has 2 aromatic carbocycles. The van der Waals surface area contributed by atoms with Gasteiger partial charge in [-0.1, -0.05) is 70.7 Å². The normalized spacial score (nSPS) is 12.1. The minimum atomic E-state index is -0.905. The number of aliphatic hydroxyl groups excluding tert-OH is 2. The van der Waals surface area contributed by atoms with Gasteiger partial charge in [0, 0.05) is 41.9 Å². The molecule has 2 aromatic heterocycles. The molecule has 0 spiro atoms. The summed E-state index contributed by atoms with van der Waals surface area (Å²) in [6, 6.07) is 20.5. The van der Waals surface area contributed by atoms with Crippen LogP contribution in [-0.4, -0.2) is 39.9 Å². The molecule has 0 aliphatic rings. The summed E-state index contributed by atoms with van der Waals surface area (Å²) in [5.41, 5.74) is 3.41. The van der Waals surface area contributed by atoms with Gasteiger partial charge in [0.2, 0.25) is 0 Å². The molecular formula is C34H40F2N4O2. The number of benzene rings is 2. The summed E-state index contributed by atoms with van der Waals surface area (Å²) in [5.74, 6) is 1.06. The van der Waals surface area contributed by atoms with Crippen molar-refractivity contribution in [2.24, 2.45) is 0 Å². The Kier molecular flexibility index (Phi) is 11.3. The van der Waals surface area contributed by atoms with Crippen molar-refractivity contribution >= 4 is 17.7 Å². The molecule has 8 heteroatoms. The van der Waals surface area contributed by atoms with Gasteiger partial charge in [0.15, 0.2) is 0 Å². The van der Waals surface area contributed by atoms with E-state index < -0.39 is 6.10 Å². The monoisotopic (exact) mass is 574 g/mol. The third-order valence-corrected chi connectivity index (χ3v) is 7.04. The van der Waals surface area contributed by atoms with Crippen LogP contribution in [0, 0.1) is 11.6 Å². The van der Waals surface area contributed by atoms with E-state index in [1.807, 2.05) is 24.3 Å². The molecule has 0 aliphatic carbocycles. The maximum absolute atomic E-state index is 13.0. The fraction of sp³-hybridized carbons (Fsp3) is 0.294. The zero-order valence-corrected chi connectivity index (χ0v) is 24.6. The molecular weight excluding hydrogens is 534 g/mol. The predicted octanol–water partition coefficient (Wildman–Crippen LogP) is 6.89. The molecule has 0 aliphatic heterocycles. The van der Waals surface area contributed by atoms with Gasteiger partial charge in [-0.3, -0.25) is 0 Å². The molecule has 4 N–H and O–H groups in total. The van der Waals surface area contributed by atoms with Gasteiger partial charge in [-0.15, -0.1) is 0 Å². The molecule has 1 unspecified atom stereocenters. The zero-order valence-electron chi connectivity index (χ0n) is 24.6. The van der Waals surface area contributed by atoms with Crippen LogP contribution in [0.1, 0.15) is 56.1 Å². The first-order valence-corrected chi connectivity index (χ1v) is 13.8. The number of rotatable bonds is 11. The van der Waals surface area contributed by atoms with Gasteiger partial charge in [-0.05, 0) is 59.2 Å². The first-order chi connectivity index (χ1) is 19.9. The molecule has 42 heavy (non-hydrogen) atoms. The third kappa shape index (κ3) is 9.46. The lowest BCUT2D eigenvalue weighted by Crippen LogP contribution is -2.27. The largest absolute Gasteiger partial charge is 0.393 e. The lowest BCUT2D eigenvalue weighted by molar-refractivity contribution is 0.0953. The highest BCUT2D eigenvalue weighted by Gasteiger charge is 2.21. The van der Waals surface area contributed by atoms with E-state index >= 15 is 0 Å². The Bertz CT molecular complexity index is 1390. The van der Waals surface area contributed by atoms with Crippen molar-refractivity contribution < 1.29 is 19.0 Å². The van der Waals surface area contributed by atoms with Crippen LogP contribution in [0.3, 0.4) is 0 Å². The van der Waals surface area contributed by atoms with Crippen LogP contribution in [0.25, 0.3) is 6.08 Å². The minimum Gasteiger partial charge on any atom is -0.393 e. The Morgan fingerprint density at radius 2 is 1.19 bits per heavy atom. The molecule has 222 valence electrons. The van der Waals surface area contributed by atoms with Crippen LogP contribution < -0.4 is 10.6 Å². The Balaban J connectivity index is 0.000000231. The van der Waals surface area contributed by atoms with Crippen molar-refractivity contribution in [3.8, 4) is 0 Å². The molecule has 1 atom stereocenters. The summed E-state index contributed by atoms with van der Waals surface area (Å²) in [5, 5.41) is 24.9. The second-order valence-corrected chi connectivity index (χ2v) is 11.3. The maximum Gasteiger partial charge on any atom is 0.125 e. The van der Waals surface area contributed by atoms with Gasteiger partial charge >= 0.3 is 0 Å². The lowest BCUT2D eigenvalue weighted by atomic mass is 9.84. The van der Waals surface area contributed by atoms with E-state index in [2.05, 4.69) is 54.9 Å². The molecule has 0 amide bonds. The standard InChI is InChI=1S/C17H21FN2O2.C17H19FN2/c1-17(2,13-4-6-14(18)7-5-13)11-20-16-8-3-12(9-19-16)15(22)10-21;1-4-13-5-10-16(19-11-13)20-12-17(2,3)14-6-8-15(18)9-7-14/h3-9,15,21-22H,10-11H2,1-2H3,(H,19,20);4-11H,1,12H2,2-3H3,(H,19,20). The molecule has 4 rings (SSSR count). The number of hydrogen-bond donors (Lipinski definition) is 4. The fourth-order valence-electron chi connectivity index (χ4n) is 4.07. The average Bonchev–Trinajstić information content (AvgIpc) is 3.00. The highest BCUT2D eigenvalue weighted by Crippen LogP contribution is 2.25. The van der Waals surface area contributed by atoms with Crippen LogP contribution in [0.5, 0.6) is 0 Å². The van der Waals surface area contributed by atoms with Crippen LogP contribution in [-0.2, 0) is 10.8 Å². The van der Waals surface area contributed by atoms with Gasteiger partial charge < -0.3 is 20.8 Å². The van der Waals surface area contributed by atoms with E-state index in [-0.39, 0.29) is 29.1 Å². The van der Waals surface area contributed by atoms with Crippen molar-refractivity contribution in [1.82, 2.24) is 9.97 Å². The highest BCUT2D eigenvalue weighted by atomic mass is 19.1. The van der Waals surface area contributed by atoms with Crippen LogP contribution in [0.4, 0.5) is 20.4 Å². The molecule has 6 nitrogen and oxygen atoms in total. The number of pyridine rings is 2. The summed E-state index contributed by atoms with van der Waals surface area (Å²) in [4.78, 5) is 8.53. The average molecular weight is 575 g/mol. The number of aliphatic hydroxyl groups is 2. The Hall–Kier alpha value is -4.14. The maximum atomic E-state index is 13.0. The molecule has 0 fully saturated rings. The quantitative estimate of drug-likeness (QED) is 0.156. The minimum absolute atomic E-state index is 0.105. The summed E-state index contributed by atoms with van der Waals surface area (Å²) in [7, 11) is 0. The zero-order chi connectivity index (χ0) is 30.8. The van der Waals surface area contributed by atoms with Gasteiger partial charge in [-0.2, -0.15) is 0 Å². The number of nitrogens with zero attached hydrogens (tertiary/aromatic N) is 2. The molecule has 0 radical (unpaired) electrons. The smallest absolute Gasteiger partial charge is 0.125 e. The van der Waals surface area contributed by atoms with Gasteiger partial charge in [0.05, 0.1) is 6.61 Å². The van der Waals surface area contributed by atoms with Gasteiger partial charge in [-0.25, -0.2) is 18.7 Å². The number of hydrogen-bond acceptors (Lipinski definition) is 6. The predicted molar refractivity (Wildman–Crippen MR) is 166 cm³/mol. The van der Waals surface area contributed by atoms with Crippen LogP contribution in [0.2, 0.25) is 0 Å². The molecule has 4 aromatic rings. The van der Waals surface area contributed by atoms with Crippen LogP contribution in [0.15, 0.2) is 91.8 Å². The number of halogens is 2. The van der Waals surface area contributed by atoms with E-state index in [0.717, 1.165) is 29.1 Å². The topological polar surface area (TPSA) is 90.3 Å². The van der Waals surface area contributed by atoms with Gasteiger partial charge in [0.25, 0.3) is 0 Å². The third-order valence-electron chi connectivity index (χ3n) is 7.04. The molecule has 0 saturated heterocycles. The van der Waals surface area contributed by atoms with E-state index in [4.69, 9.17) is 5.11 Å². The van der Waals surface area contributed by atoms with E-state index in [9.17, 15) is 13.9 Å². The van der Waals surface area contributed by atoms with E-state index in [1.165, 1.54) is 30.5 Å². The number of aromatic nitrogens is 2. The first kappa shape index (κ1) is 32.4. The van der Waals surface area contributed by atoms with E-state index in [1.54, 1.807) is 36.5 Å². The highest BCUT2D eigenvalue weighted by molar-refractivity contribution is 5.49. The Labute approximate surface area is 247 Å². The number of anilines is 2. The van der Waals surface area contributed by atoms with Crippen molar-refractivity contribution in [2.45, 2.75) is 44.6 Å². The summed E-state index contributed by atoms with van der Waals surface area (Å²) in [6.45, 7) is 13.1. The second-order valence-electron chi connectivity index (χ2n) is 11.3. The van der Waals surface area contributed by atoms with Crippen molar-refractivity contribution in [3.63, 3.8) is 0 Å².